The van der Waals surface area contributed by atoms with Crippen molar-refractivity contribution in [3.05, 3.63) is 35.9 Å². The predicted molar refractivity (Wildman–Crippen MR) is 70.5 cm³/mol. The highest BCUT2D eigenvalue weighted by Crippen LogP contribution is 2.02. The van der Waals surface area contributed by atoms with E-state index in [9.17, 15) is 9.90 Å². The number of β-amino-alcohol motifs (C(OH)–C–C–N with tert-alkyl or cyclic N) is 1. The summed E-state index contributed by atoms with van der Waals surface area (Å²) in [5.74, 6) is -0.412. The molecule has 1 aromatic rings. The van der Waals surface area contributed by atoms with E-state index in [1.165, 1.54) is 0 Å². The van der Waals surface area contributed by atoms with Crippen molar-refractivity contribution in [2.75, 3.05) is 13.2 Å². The minimum Gasteiger partial charge on any atom is -0.459 e. The van der Waals surface area contributed by atoms with Gasteiger partial charge in [-0.15, -0.1) is 0 Å². The number of carbonyl (C=O) groups excluding carboxylic acids is 1. The molecular weight excluding hydrogens is 230 g/mol. The first kappa shape index (κ1) is 14.7. The summed E-state index contributed by atoms with van der Waals surface area (Å²) in [5, 5.41) is 12.8. The Morgan fingerprint density at radius 2 is 1.94 bits per heavy atom. The SMILES string of the molecule is CC(C)(C)NC[C@@H](O)COC(=O)c1ccccc1. The zero-order valence-electron chi connectivity index (χ0n) is 11.1. The molecule has 0 bridgehead atoms. The second kappa shape index (κ2) is 6.52. The Bertz CT molecular complexity index is 370. The largest absolute Gasteiger partial charge is 0.459 e. The number of esters is 1. The molecule has 0 aliphatic rings. The minimum absolute atomic E-state index is 0.00317. The van der Waals surface area contributed by atoms with Crippen LogP contribution in [-0.4, -0.2) is 35.9 Å². The van der Waals surface area contributed by atoms with Crippen LogP contribution in [0.25, 0.3) is 0 Å². The standard InChI is InChI=1S/C14H21NO3/c1-14(2,3)15-9-12(16)10-18-13(17)11-7-5-4-6-8-11/h4-8,12,15-16H,9-10H2,1-3H3/t12-/m1/s1. The Morgan fingerprint density at radius 3 is 2.50 bits per heavy atom. The summed E-state index contributed by atoms with van der Waals surface area (Å²) in [6, 6.07) is 8.74. The van der Waals surface area contributed by atoms with Crippen molar-refractivity contribution in [3.63, 3.8) is 0 Å². The Balaban J connectivity index is 2.31. The van der Waals surface area contributed by atoms with Gasteiger partial charge in [0.1, 0.15) is 12.7 Å². The number of hydrogen-bond acceptors (Lipinski definition) is 4. The lowest BCUT2D eigenvalue weighted by molar-refractivity contribution is 0.0247. The van der Waals surface area contributed by atoms with E-state index in [-0.39, 0.29) is 12.1 Å². The number of carbonyl (C=O) groups is 1. The van der Waals surface area contributed by atoms with Gasteiger partial charge in [0.15, 0.2) is 0 Å². The van der Waals surface area contributed by atoms with Crippen molar-refractivity contribution in [3.8, 4) is 0 Å². The molecule has 1 aromatic carbocycles. The van der Waals surface area contributed by atoms with Gasteiger partial charge in [-0.25, -0.2) is 4.79 Å². The van der Waals surface area contributed by atoms with Crippen LogP contribution >= 0.6 is 0 Å². The van der Waals surface area contributed by atoms with Gasteiger partial charge in [0.2, 0.25) is 0 Å². The van der Waals surface area contributed by atoms with Gasteiger partial charge in [0.05, 0.1) is 5.56 Å². The Kier molecular flexibility index (Phi) is 5.31. The second-order valence-electron chi connectivity index (χ2n) is 5.25. The molecule has 0 aliphatic heterocycles. The minimum atomic E-state index is -0.697. The van der Waals surface area contributed by atoms with Gasteiger partial charge in [0, 0.05) is 12.1 Å². The molecule has 0 fully saturated rings. The van der Waals surface area contributed by atoms with E-state index in [1.54, 1.807) is 24.3 Å². The van der Waals surface area contributed by atoms with Crippen molar-refractivity contribution < 1.29 is 14.6 Å². The third-order valence-electron chi connectivity index (χ3n) is 2.28. The molecule has 0 saturated heterocycles. The van der Waals surface area contributed by atoms with Crippen LogP contribution < -0.4 is 5.32 Å². The van der Waals surface area contributed by atoms with Crippen LogP contribution in [0.5, 0.6) is 0 Å². The number of hydrogen-bond donors (Lipinski definition) is 2. The monoisotopic (exact) mass is 251 g/mol. The van der Waals surface area contributed by atoms with Crippen molar-refractivity contribution >= 4 is 5.97 Å². The lowest BCUT2D eigenvalue weighted by Gasteiger charge is -2.22. The lowest BCUT2D eigenvalue weighted by Crippen LogP contribution is -2.42. The molecule has 100 valence electrons. The van der Waals surface area contributed by atoms with E-state index < -0.39 is 12.1 Å². The van der Waals surface area contributed by atoms with E-state index in [4.69, 9.17) is 4.74 Å². The van der Waals surface area contributed by atoms with Crippen molar-refractivity contribution in [2.45, 2.75) is 32.4 Å². The summed E-state index contributed by atoms with van der Waals surface area (Å²) < 4.78 is 5.03. The molecule has 1 rings (SSSR count). The van der Waals surface area contributed by atoms with Crippen LogP contribution in [0.15, 0.2) is 30.3 Å². The molecule has 2 N–H and O–H groups in total. The van der Waals surface area contributed by atoms with Gasteiger partial charge < -0.3 is 15.2 Å². The van der Waals surface area contributed by atoms with Crippen molar-refractivity contribution in [2.24, 2.45) is 0 Å². The van der Waals surface area contributed by atoms with Crippen LogP contribution in [0.1, 0.15) is 31.1 Å². The zero-order valence-corrected chi connectivity index (χ0v) is 11.1. The summed E-state index contributed by atoms with van der Waals surface area (Å²) in [6.07, 6.45) is -0.697. The first-order chi connectivity index (χ1) is 8.38. The maximum absolute atomic E-state index is 11.6. The molecule has 0 spiro atoms. The van der Waals surface area contributed by atoms with Crippen LogP contribution in [0, 0.1) is 0 Å². The molecule has 0 amide bonds. The predicted octanol–water partition coefficient (Wildman–Crippen LogP) is 1.59. The van der Waals surface area contributed by atoms with Crippen LogP contribution in [0.3, 0.4) is 0 Å². The van der Waals surface area contributed by atoms with Gasteiger partial charge in [-0.1, -0.05) is 18.2 Å². The van der Waals surface area contributed by atoms with E-state index in [0.717, 1.165) is 0 Å². The molecular formula is C14H21NO3. The molecule has 18 heavy (non-hydrogen) atoms. The van der Waals surface area contributed by atoms with E-state index in [0.29, 0.717) is 12.1 Å². The molecule has 4 heteroatoms. The van der Waals surface area contributed by atoms with Gasteiger partial charge in [-0.3, -0.25) is 0 Å². The zero-order chi connectivity index (χ0) is 13.6. The topological polar surface area (TPSA) is 58.6 Å². The molecule has 0 radical (unpaired) electrons. The van der Waals surface area contributed by atoms with Gasteiger partial charge in [-0.2, -0.15) is 0 Å². The number of aliphatic hydroxyl groups is 1. The van der Waals surface area contributed by atoms with E-state index in [2.05, 4.69) is 5.32 Å². The summed E-state index contributed by atoms with van der Waals surface area (Å²) in [6.45, 7) is 6.42. The molecule has 0 unspecified atom stereocenters. The third kappa shape index (κ3) is 5.80. The quantitative estimate of drug-likeness (QED) is 0.780. The smallest absolute Gasteiger partial charge is 0.338 e. The van der Waals surface area contributed by atoms with Crippen LogP contribution in [-0.2, 0) is 4.74 Å². The fraction of sp³-hybridized carbons (Fsp3) is 0.500. The number of ether oxygens (including phenoxy) is 1. The lowest BCUT2D eigenvalue weighted by atomic mass is 10.1. The van der Waals surface area contributed by atoms with Gasteiger partial charge in [-0.05, 0) is 32.9 Å². The average molecular weight is 251 g/mol. The van der Waals surface area contributed by atoms with E-state index in [1.807, 2.05) is 26.8 Å². The first-order valence-corrected chi connectivity index (χ1v) is 6.04. The van der Waals surface area contributed by atoms with Gasteiger partial charge >= 0.3 is 5.97 Å². The maximum Gasteiger partial charge on any atom is 0.338 e. The Hall–Kier alpha value is -1.39. The molecule has 0 heterocycles. The Labute approximate surface area is 108 Å². The third-order valence-corrected chi connectivity index (χ3v) is 2.28. The summed E-state index contributed by atoms with van der Waals surface area (Å²) >= 11 is 0. The average Bonchev–Trinajstić information content (AvgIpc) is 2.33. The summed E-state index contributed by atoms with van der Waals surface area (Å²) in [7, 11) is 0. The van der Waals surface area contributed by atoms with Gasteiger partial charge in [0.25, 0.3) is 0 Å². The van der Waals surface area contributed by atoms with E-state index >= 15 is 0 Å². The fourth-order valence-electron chi connectivity index (χ4n) is 1.31. The van der Waals surface area contributed by atoms with Crippen LogP contribution in [0.4, 0.5) is 0 Å². The summed E-state index contributed by atoms with van der Waals surface area (Å²) in [5.41, 5.74) is 0.429. The maximum atomic E-state index is 11.6. The number of benzene rings is 1. The molecule has 4 nitrogen and oxygen atoms in total. The first-order valence-electron chi connectivity index (χ1n) is 6.04. The number of aliphatic hydroxyl groups excluding tert-OH is 1. The molecule has 1 atom stereocenters. The number of nitrogens with one attached hydrogen (secondary N) is 1. The number of rotatable bonds is 5. The molecule has 0 aromatic heterocycles. The summed E-state index contributed by atoms with van der Waals surface area (Å²) in [4.78, 5) is 11.6. The van der Waals surface area contributed by atoms with Crippen molar-refractivity contribution in [1.29, 1.82) is 0 Å². The fourth-order valence-corrected chi connectivity index (χ4v) is 1.31. The normalized spacial score (nSPS) is 13.1. The highest BCUT2D eigenvalue weighted by atomic mass is 16.5. The molecule has 0 aliphatic carbocycles. The molecule has 0 saturated carbocycles. The Morgan fingerprint density at radius 1 is 1.33 bits per heavy atom. The highest BCUT2D eigenvalue weighted by molar-refractivity contribution is 5.89. The highest BCUT2D eigenvalue weighted by Gasteiger charge is 2.14. The van der Waals surface area contributed by atoms with Crippen molar-refractivity contribution in [1.82, 2.24) is 5.32 Å². The van der Waals surface area contributed by atoms with Crippen LogP contribution in [0.2, 0.25) is 0 Å². The second-order valence-corrected chi connectivity index (χ2v) is 5.25.